The Morgan fingerprint density at radius 1 is 1.00 bits per heavy atom. The molecule has 1 N–H and O–H groups in total. The zero-order chi connectivity index (χ0) is 15.4. The van der Waals surface area contributed by atoms with Gasteiger partial charge in [0.1, 0.15) is 5.82 Å². The highest BCUT2D eigenvalue weighted by atomic mass is 19.1. The summed E-state index contributed by atoms with van der Waals surface area (Å²) in [6.45, 7) is 9.05. The van der Waals surface area contributed by atoms with Crippen molar-refractivity contribution in [1.82, 2.24) is 5.32 Å². The highest BCUT2D eigenvalue weighted by Gasteiger charge is 2.16. The molecule has 0 amide bonds. The zero-order valence-electron chi connectivity index (χ0n) is 13.3. The summed E-state index contributed by atoms with van der Waals surface area (Å²) in [6, 6.07) is 12.0. The first-order valence-electron chi connectivity index (χ1n) is 7.59. The van der Waals surface area contributed by atoms with Crippen LogP contribution in [-0.2, 0) is 0 Å². The van der Waals surface area contributed by atoms with E-state index in [1.165, 1.54) is 16.7 Å². The van der Waals surface area contributed by atoms with Crippen molar-refractivity contribution < 1.29 is 4.39 Å². The fourth-order valence-corrected chi connectivity index (χ4v) is 2.56. The average Bonchev–Trinajstić information content (AvgIpc) is 2.46. The van der Waals surface area contributed by atoms with Crippen LogP contribution in [0.2, 0.25) is 0 Å². The van der Waals surface area contributed by atoms with Crippen LogP contribution in [0.15, 0.2) is 36.4 Å². The molecule has 2 heteroatoms. The van der Waals surface area contributed by atoms with Gasteiger partial charge in [0, 0.05) is 0 Å². The predicted octanol–water partition coefficient (Wildman–Crippen LogP) is 4.84. The molecule has 0 aliphatic carbocycles. The number of nitrogens with one attached hydrogen (secondary N) is 1. The third-order valence-corrected chi connectivity index (χ3v) is 3.87. The Labute approximate surface area is 127 Å². The second-order valence-corrected chi connectivity index (χ2v) is 5.76. The maximum absolute atomic E-state index is 13.9. The summed E-state index contributed by atoms with van der Waals surface area (Å²) in [5.41, 5.74) is 5.36. The zero-order valence-corrected chi connectivity index (χ0v) is 13.3. The van der Waals surface area contributed by atoms with Crippen molar-refractivity contribution in [3.63, 3.8) is 0 Å². The average molecular weight is 285 g/mol. The van der Waals surface area contributed by atoms with Crippen LogP contribution in [0, 0.1) is 26.6 Å². The molecule has 2 rings (SSSR count). The molecule has 0 bridgehead atoms. The summed E-state index contributed by atoms with van der Waals surface area (Å²) < 4.78 is 13.9. The van der Waals surface area contributed by atoms with Crippen molar-refractivity contribution in [1.29, 1.82) is 0 Å². The summed E-state index contributed by atoms with van der Waals surface area (Å²) in [6.07, 6.45) is 1.05. The number of rotatable bonds is 5. The normalized spacial score (nSPS) is 12.4. The van der Waals surface area contributed by atoms with Crippen molar-refractivity contribution in [2.45, 2.75) is 40.2 Å². The van der Waals surface area contributed by atoms with Crippen LogP contribution in [0.1, 0.15) is 47.2 Å². The molecule has 1 atom stereocenters. The number of halogens is 1. The lowest BCUT2D eigenvalue weighted by atomic mass is 9.93. The van der Waals surface area contributed by atoms with E-state index in [1.54, 1.807) is 13.0 Å². The molecule has 0 aliphatic heterocycles. The molecule has 0 saturated heterocycles. The molecular weight excluding hydrogens is 261 g/mol. The SMILES string of the molecule is CCCNC(c1ccc(C)c(F)c1)c1cc(C)ccc1C. The van der Waals surface area contributed by atoms with Crippen molar-refractivity contribution in [3.8, 4) is 0 Å². The number of hydrogen-bond acceptors (Lipinski definition) is 1. The fourth-order valence-electron chi connectivity index (χ4n) is 2.56. The fraction of sp³-hybridized carbons (Fsp3) is 0.368. The van der Waals surface area contributed by atoms with Gasteiger partial charge in [-0.05, 0) is 62.1 Å². The molecule has 0 fully saturated rings. The standard InChI is InChI=1S/C19H24FN/c1-5-10-21-19(16-9-8-15(4)18(20)12-16)17-11-13(2)6-7-14(17)3/h6-9,11-12,19,21H,5,10H2,1-4H3. The Morgan fingerprint density at radius 2 is 1.71 bits per heavy atom. The molecular formula is C19H24FN. The predicted molar refractivity (Wildman–Crippen MR) is 87.2 cm³/mol. The Morgan fingerprint density at radius 3 is 2.38 bits per heavy atom. The molecule has 0 radical (unpaired) electrons. The Kier molecular flexibility index (Phi) is 5.13. The molecule has 2 aromatic rings. The number of hydrogen-bond donors (Lipinski definition) is 1. The van der Waals surface area contributed by atoms with Gasteiger partial charge in [0.15, 0.2) is 0 Å². The van der Waals surface area contributed by atoms with Crippen molar-refractivity contribution in [2.75, 3.05) is 6.54 Å². The smallest absolute Gasteiger partial charge is 0.126 e. The summed E-state index contributed by atoms with van der Waals surface area (Å²) in [5, 5.41) is 3.55. The second-order valence-electron chi connectivity index (χ2n) is 5.76. The highest BCUT2D eigenvalue weighted by Crippen LogP contribution is 2.27. The highest BCUT2D eigenvalue weighted by molar-refractivity contribution is 5.40. The molecule has 0 saturated carbocycles. The van der Waals surface area contributed by atoms with E-state index in [9.17, 15) is 4.39 Å². The van der Waals surface area contributed by atoms with E-state index in [0.717, 1.165) is 18.5 Å². The van der Waals surface area contributed by atoms with Crippen LogP contribution >= 0.6 is 0 Å². The van der Waals surface area contributed by atoms with E-state index < -0.39 is 0 Å². The van der Waals surface area contributed by atoms with Crippen LogP contribution in [0.25, 0.3) is 0 Å². The van der Waals surface area contributed by atoms with Crippen LogP contribution in [0.5, 0.6) is 0 Å². The first kappa shape index (κ1) is 15.7. The molecule has 0 heterocycles. The lowest BCUT2D eigenvalue weighted by Crippen LogP contribution is -2.24. The van der Waals surface area contributed by atoms with Gasteiger partial charge < -0.3 is 5.32 Å². The maximum Gasteiger partial charge on any atom is 0.126 e. The molecule has 0 spiro atoms. The monoisotopic (exact) mass is 285 g/mol. The molecule has 0 aromatic heterocycles. The number of aryl methyl sites for hydroxylation is 3. The number of benzene rings is 2. The van der Waals surface area contributed by atoms with Crippen LogP contribution in [0.3, 0.4) is 0 Å². The van der Waals surface area contributed by atoms with Gasteiger partial charge >= 0.3 is 0 Å². The Bertz CT molecular complexity index is 619. The first-order valence-corrected chi connectivity index (χ1v) is 7.59. The van der Waals surface area contributed by atoms with Crippen LogP contribution < -0.4 is 5.32 Å². The molecule has 21 heavy (non-hydrogen) atoms. The molecule has 1 unspecified atom stereocenters. The lowest BCUT2D eigenvalue weighted by Gasteiger charge is -2.22. The third kappa shape index (κ3) is 3.70. The summed E-state index contributed by atoms with van der Waals surface area (Å²) in [5.74, 6) is -0.138. The van der Waals surface area contributed by atoms with E-state index in [4.69, 9.17) is 0 Å². The lowest BCUT2D eigenvalue weighted by molar-refractivity contribution is 0.580. The quantitative estimate of drug-likeness (QED) is 0.829. The third-order valence-electron chi connectivity index (χ3n) is 3.87. The van der Waals surface area contributed by atoms with E-state index in [1.807, 2.05) is 12.1 Å². The molecule has 112 valence electrons. The summed E-state index contributed by atoms with van der Waals surface area (Å²) in [4.78, 5) is 0. The van der Waals surface area contributed by atoms with E-state index in [2.05, 4.69) is 44.3 Å². The van der Waals surface area contributed by atoms with Crippen molar-refractivity contribution >= 4 is 0 Å². The Hall–Kier alpha value is -1.67. The largest absolute Gasteiger partial charge is 0.306 e. The minimum absolute atomic E-state index is 0.0416. The minimum atomic E-state index is -0.138. The summed E-state index contributed by atoms with van der Waals surface area (Å²) in [7, 11) is 0. The van der Waals surface area contributed by atoms with Gasteiger partial charge in [-0.1, -0.05) is 42.8 Å². The molecule has 1 nitrogen and oxygen atoms in total. The van der Waals surface area contributed by atoms with Gasteiger partial charge in [0.05, 0.1) is 6.04 Å². The van der Waals surface area contributed by atoms with Gasteiger partial charge in [-0.25, -0.2) is 4.39 Å². The Balaban J connectivity index is 2.46. The van der Waals surface area contributed by atoms with Crippen molar-refractivity contribution in [3.05, 3.63) is 70.0 Å². The van der Waals surface area contributed by atoms with Crippen LogP contribution in [-0.4, -0.2) is 6.54 Å². The van der Waals surface area contributed by atoms with Gasteiger partial charge in [0.2, 0.25) is 0 Å². The van der Waals surface area contributed by atoms with Gasteiger partial charge in [0.25, 0.3) is 0 Å². The summed E-state index contributed by atoms with van der Waals surface area (Å²) >= 11 is 0. The van der Waals surface area contributed by atoms with E-state index in [0.29, 0.717) is 5.56 Å². The molecule has 0 aliphatic rings. The van der Waals surface area contributed by atoms with Crippen molar-refractivity contribution in [2.24, 2.45) is 0 Å². The van der Waals surface area contributed by atoms with Crippen LogP contribution in [0.4, 0.5) is 4.39 Å². The first-order chi connectivity index (χ1) is 10.0. The maximum atomic E-state index is 13.9. The topological polar surface area (TPSA) is 12.0 Å². The van der Waals surface area contributed by atoms with Gasteiger partial charge in [-0.3, -0.25) is 0 Å². The van der Waals surface area contributed by atoms with E-state index in [-0.39, 0.29) is 11.9 Å². The minimum Gasteiger partial charge on any atom is -0.306 e. The molecule has 2 aromatic carbocycles. The van der Waals surface area contributed by atoms with E-state index >= 15 is 0 Å². The second kappa shape index (κ2) is 6.86. The van der Waals surface area contributed by atoms with Gasteiger partial charge in [-0.15, -0.1) is 0 Å². The van der Waals surface area contributed by atoms with Gasteiger partial charge in [-0.2, -0.15) is 0 Å².